The van der Waals surface area contributed by atoms with Crippen molar-refractivity contribution in [3.63, 3.8) is 0 Å². The van der Waals surface area contributed by atoms with Crippen LogP contribution in [0.15, 0.2) is 10.6 Å². The molecule has 12 nitrogen and oxygen atoms in total. The molecule has 0 aliphatic carbocycles. The number of aliphatic hydroxyl groups excluding tert-OH is 1. The Bertz CT molecular complexity index is 876. The first-order valence-corrected chi connectivity index (χ1v) is 13.2. The molecule has 1 amide bonds. The molecule has 14 heteroatoms. The zero-order chi connectivity index (χ0) is 24.9. The number of phosphoric ester groups is 1. The van der Waals surface area contributed by atoms with Crippen LogP contribution < -0.4 is 0 Å². The molecular formula is C20H35N2O10PS. The van der Waals surface area contributed by atoms with Gasteiger partial charge >= 0.3 is 13.8 Å². The number of hydrogen-bond donors (Lipinski definition) is 3. The molecule has 0 bridgehead atoms. The van der Waals surface area contributed by atoms with Gasteiger partial charge in [0, 0.05) is 23.0 Å². The maximum atomic E-state index is 12.5. The highest BCUT2D eigenvalue weighted by atomic mass is 32.2. The summed E-state index contributed by atoms with van der Waals surface area (Å²) in [6.07, 6.45) is -1.37. The van der Waals surface area contributed by atoms with Gasteiger partial charge in [0.15, 0.2) is 0 Å². The Labute approximate surface area is 203 Å². The molecule has 8 unspecified atom stereocenters. The van der Waals surface area contributed by atoms with Crippen LogP contribution in [0, 0.1) is 11.8 Å². The number of quaternary nitrogens is 1. The molecule has 3 rings (SSSR count). The van der Waals surface area contributed by atoms with Crippen LogP contribution in [-0.4, -0.2) is 106 Å². The number of aliphatic hydroxyl groups is 1. The number of β-lactam (4-membered cyclic amide) rings is 1. The lowest BCUT2D eigenvalue weighted by atomic mass is 9.79. The lowest BCUT2D eigenvalue weighted by Crippen LogP contribution is -2.63. The first kappa shape index (κ1) is 29.2. The third-order valence-corrected chi connectivity index (χ3v) is 8.98. The molecule has 3 aliphatic rings. The van der Waals surface area contributed by atoms with Gasteiger partial charge in [0.2, 0.25) is 12.1 Å². The van der Waals surface area contributed by atoms with Crippen LogP contribution in [0.5, 0.6) is 0 Å². The number of carboxylic acids is 1. The molecule has 0 aromatic heterocycles. The van der Waals surface area contributed by atoms with Gasteiger partial charge in [-0.25, -0.2) is 13.9 Å². The van der Waals surface area contributed by atoms with E-state index < -0.39 is 38.1 Å². The molecule has 0 aromatic carbocycles. The lowest BCUT2D eigenvalue weighted by molar-refractivity contribution is -0.913. The minimum atomic E-state index is -4.27. The molecule has 4 N–H and O–H groups in total. The Morgan fingerprint density at radius 3 is 2.50 bits per heavy atom. The molecule has 0 spiro atoms. The van der Waals surface area contributed by atoms with Crippen molar-refractivity contribution < 1.29 is 53.0 Å². The smallest absolute Gasteiger partial charge is 0.476 e. The summed E-state index contributed by atoms with van der Waals surface area (Å²) in [5, 5.41) is 19.6. The molecule has 0 saturated carbocycles. The first-order chi connectivity index (χ1) is 15.1. The van der Waals surface area contributed by atoms with Gasteiger partial charge in [0.25, 0.3) is 0 Å². The van der Waals surface area contributed by atoms with Crippen molar-refractivity contribution in [3.8, 4) is 0 Å². The predicted molar refractivity (Wildman–Crippen MR) is 122 cm³/mol. The first-order valence-electron chi connectivity index (χ1n) is 10.9. The van der Waals surface area contributed by atoms with E-state index in [9.17, 15) is 29.3 Å². The van der Waals surface area contributed by atoms with E-state index in [4.69, 9.17) is 13.8 Å². The average Bonchev–Trinajstić information content (AvgIpc) is 3.21. The molecule has 3 heterocycles. The van der Waals surface area contributed by atoms with E-state index in [1.54, 1.807) is 13.8 Å². The van der Waals surface area contributed by atoms with Gasteiger partial charge in [-0.15, -0.1) is 11.8 Å². The number of nitrogens with zero attached hydrogens (tertiary/aromatic N) is 2. The normalized spacial score (nSPS) is 32.5. The second kappa shape index (κ2) is 10.5. The summed E-state index contributed by atoms with van der Waals surface area (Å²) in [6.45, 7) is 5.26. The number of thioether (sulfide) groups is 1. The van der Waals surface area contributed by atoms with E-state index in [0.717, 1.165) is 0 Å². The van der Waals surface area contributed by atoms with Crippen LogP contribution in [0.2, 0.25) is 0 Å². The summed E-state index contributed by atoms with van der Waals surface area (Å²) in [7, 11) is 1.22. The number of rotatable bonds is 10. The summed E-state index contributed by atoms with van der Waals surface area (Å²) < 4.78 is 28.6. The van der Waals surface area contributed by atoms with Crippen LogP contribution in [0.3, 0.4) is 0 Å². The van der Waals surface area contributed by atoms with Crippen molar-refractivity contribution in [3.05, 3.63) is 10.6 Å². The number of aliphatic carboxylic acids is 1. The fourth-order valence-electron chi connectivity index (χ4n) is 4.27. The predicted octanol–water partition coefficient (Wildman–Crippen LogP) is 1.04. The van der Waals surface area contributed by atoms with E-state index in [0.29, 0.717) is 22.4 Å². The Hall–Kier alpha value is -1.02. The minimum absolute atomic E-state index is 0. The number of carbonyl (C=O) groups is 2. The summed E-state index contributed by atoms with van der Waals surface area (Å²) in [4.78, 5) is 36.3. The second-order valence-corrected chi connectivity index (χ2v) is 12.5. The lowest BCUT2D eigenvalue weighted by Gasteiger charge is -2.46. The standard InChI is InChI=1S/C20H33N2O9PS.H2O/c1-10-16-15(11(2)23)19(24)21(16)17(20(25)26)18(10)33-14-7-13(29-9-14)8-30-32(27,28)31-12(3)22(4,5)6;/h10-16,23H,7-9H2,1-6H3,(H-,25,26,27,28);1H2. The molecule has 3 aliphatic heterocycles. The Morgan fingerprint density at radius 2 is 1.97 bits per heavy atom. The van der Waals surface area contributed by atoms with Crippen LogP contribution in [0.25, 0.3) is 0 Å². The maximum Gasteiger partial charge on any atom is 0.476 e. The zero-order valence-corrected chi connectivity index (χ0v) is 21.9. The highest BCUT2D eigenvalue weighted by molar-refractivity contribution is 8.03. The van der Waals surface area contributed by atoms with Crippen molar-refractivity contribution in [1.82, 2.24) is 4.90 Å². The Morgan fingerprint density at radius 1 is 1.35 bits per heavy atom. The number of phosphoric acid groups is 1. The maximum absolute atomic E-state index is 12.5. The average molecular weight is 527 g/mol. The van der Waals surface area contributed by atoms with E-state index in [2.05, 4.69) is 0 Å². The van der Waals surface area contributed by atoms with Crippen molar-refractivity contribution in [2.24, 2.45) is 11.8 Å². The highest BCUT2D eigenvalue weighted by Crippen LogP contribution is 2.52. The fraction of sp³-hybridized carbons (Fsp3) is 0.800. The van der Waals surface area contributed by atoms with E-state index in [1.165, 1.54) is 16.7 Å². The molecular weight excluding hydrogens is 491 g/mol. The highest BCUT2D eigenvalue weighted by Gasteiger charge is 2.60. The third-order valence-electron chi connectivity index (χ3n) is 6.45. The van der Waals surface area contributed by atoms with Crippen LogP contribution in [0.1, 0.15) is 27.2 Å². The van der Waals surface area contributed by atoms with E-state index in [-0.39, 0.29) is 40.9 Å². The molecule has 0 radical (unpaired) electrons. The van der Waals surface area contributed by atoms with Gasteiger partial charge in [0.05, 0.1) is 58.5 Å². The van der Waals surface area contributed by atoms with Crippen molar-refractivity contribution in [2.75, 3.05) is 34.4 Å². The molecule has 2 saturated heterocycles. The van der Waals surface area contributed by atoms with Gasteiger partial charge < -0.3 is 34.7 Å². The number of carboxylic acid groups (broad SMARTS) is 1. The molecule has 0 aromatic rings. The summed E-state index contributed by atoms with van der Waals surface area (Å²) in [5.41, 5.74) is -0.0262. The number of ether oxygens (including phenoxy) is 1. The molecule has 34 heavy (non-hydrogen) atoms. The SMILES string of the molecule is CC(O)C1C(=O)N2C(C(=O)O)=C(SC3COC(COP(=O)(O)OC(C)[N+](C)(C)C)C3)C(C)C12.[OH-]. The van der Waals surface area contributed by atoms with Gasteiger partial charge in [-0.2, -0.15) is 0 Å². The van der Waals surface area contributed by atoms with Gasteiger partial charge in [-0.05, 0) is 13.3 Å². The number of hydrogen-bond acceptors (Lipinski definition) is 9. The van der Waals surface area contributed by atoms with Gasteiger partial charge in [-0.3, -0.25) is 9.32 Å². The van der Waals surface area contributed by atoms with Crippen LogP contribution in [0.4, 0.5) is 0 Å². The van der Waals surface area contributed by atoms with Gasteiger partial charge in [-0.1, -0.05) is 6.92 Å². The summed E-state index contributed by atoms with van der Waals surface area (Å²) >= 11 is 1.35. The van der Waals surface area contributed by atoms with Crippen molar-refractivity contribution in [1.29, 1.82) is 0 Å². The fourth-order valence-corrected chi connectivity index (χ4v) is 6.82. The quantitative estimate of drug-likeness (QED) is 0.161. The summed E-state index contributed by atoms with van der Waals surface area (Å²) in [5.74, 6) is -2.38. The molecule has 8 atom stereocenters. The van der Waals surface area contributed by atoms with E-state index >= 15 is 0 Å². The monoisotopic (exact) mass is 526 g/mol. The third kappa shape index (κ3) is 5.85. The number of carbonyl (C=O) groups excluding carboxylic acids is 1. The summed E-state index contributed by atoms with van der Waals surface area (Å²) in [6, 6.07) is -0.367. The number of amides is 1. The molecule has 2 fully saturated rings. The topological polar surface area (TPSA) is 173 Å². The Balaban J connectivity index is 0.00000408. The molecule has 196 valence electrons. The van der Waals surface area contributed by atoms with Crippen LogP contribution >= 0.6 is 19.6 Å². The zero-order valence-electron chi connectivity index (χ0n) is 20.2. The second-order valence-electron chi connectivity index (χ2n) is 9.79. The van der Waals surface area contributed by atoms with Gasteiger partial charge in [0.1, 0.15) is 5.70 Å². The minimum Gasteiger partial charge on any atom is -0.870 e. The van der Waals surface area contributed by atoms with Crippen molar-refractivity contribution >= 4 is 31.5 Å². The van der Waals surface area contributed by atoms with Crippen LogP contribution in [-0.2, 0) is 27.9 Å². The van der Waals surface area contributed by atoms with Crippen molar-refractivity contribution in [2.45, 2.75) is 56.9 Å². The number of fused-ring (bicyclic) bond motifs is 1. The largest absolute Gasteiger partial charge is 0.870 e. The Kier molecular flexibility index (Phi) is 9.05. The van der Waals surface area contributed by atoms with E-state index in [1.807, 2.05) is 28.1 Å².